The number of hydrogen-bond acceptors (Lipinski definition) is 11. The molecule has 202 valence electrons. The zero-order valence-corrected chi connectivity index (χ0v) is 33.2. The van der Waals surface area contributed by atoms with E-state index in [1.165, 1.54) is 12.8 Å². The van der Waals surface area contributed by atoms with Crippen molar-refractivity contribution in [2.24, 2.45) is 0 Å². The van der Waals surface area contributed by atoms with E-state index in [0.29, 0.717) is 17.3 Å². The van der Waals surface area contributed by atoms with Gasteiger partial charge in [0.1, 0.15) is 11.4 Å². The van der Waals surface area contributed by atoms with E-state index in [2.05, 4.69) is 113 Å². The summed E-state index contributed by atoms with van der Waals surface area (Å²) in [4.78, 5) is 21.2. The van der Waals surface area contributed by atoms with Gasteiger partial charge in [0.25, 0.3) is 6.47 Å². The zero-order chi connectivity index (χ0) is 27.3. The molecule has 0 radical (unpaired) electrons. The number of nitrogens with one attached hydrogen (secondary N) is 1. The van der Waals surface area contributed by atoms with Gasteiger partial charge in [-0.25, -0.2) is 0 Å². The van der Waals surface area contributed by atoms with E-state index in [0.717, 1.165) is 39.4 Å². The zero-order valence-electron chi connectivity index (χ0n) is 23.2. The molecule has 0 unspecified atom stereocenters. The van der Waals surface area contributed by atoms with E-state index in [1.807, 2.05) is 24.3 Å². The summed E-state index contributed by atoms with van der Waals surface area (Å²) in [6.07, 6.45) is 8.19. The monoisotopic (exact) mass is 782 g/mol. The van der Waals surface area contributed by atoms with E-state index >= 15 is 0 Å². The molecule has 0 spiro atoms. The topological polar surface area (TPSA) is 173 Å². The van der Waals surface area contributed by atoms with E-state index in [4.69, 9.17) is 10.1 Å². The van der Waals surface area contributed by atoms with Gasteiger partial charge < -0.3 is 11.6 Å². The number of pyridine rings is 2. The van der Waals surface area contributed by atoms with Crippen LogP contribution < -0.4 is 108 Å². The molecule has 0 saturated heterocycles. The Morgan fingerprint density at radius 1 is 0.974 bits per heavy atom. The molecule has 0 amide bonds. The van der Waals surface area contributed by atoms with Crippen molar-refractivity contribution >= 4 is 54.3 Å². The summed E-state index contributed by atoms with van der Waals surface area (Å²) in [5.41, 5.74) is 1.44. The van der Waals surface area contributed by atoms with Crippen molar-refractivity contribution in [1.29, 1.82) is 0 Å². The maximum Gasteiger partial charge on any atom is 1.00 e. The first-order valence-electron chi connectivity index (χ1n) is 11.0. The number of alkyl halides is 1. The van der Waals surface area contributed by atoms with Crippen LogP contribution in [0.15, 0.2) is 45.6 Å². The van der Waals surface area contributed by atoms with Crippen LogP contribution in [0.5, 0.6) is 0 Å². The van der Waals surface area contributed by atoms with Crippen LogP contribution >= 0.6 is 47.8 Å². The Morgan fingerprint density at radius 3 is 1.92 bits per heavy atom. The molecule has 0 aliphatic rings. The molecule has 4 aromatic rings. The van der Waals surface area contributed by atoms with Gasteiger partial charge in [-0.3, -0.25) is 14.8 Å². The summed E-state index contributed by atoms with van der Waals surface area (Å²) >= 11 is 9.92. The third kappa shape index (κ3) is 19.4. The first-order valence-corrected chi connectivity index (χ1v) is 13.7. The number of unbranched alkanes of at least 4 members (excludes halogenated alkanes) is 2. The number of H-pyrrole nitrogens is 1. The Morgan fingerprint density at radius 2 is 1.54 bits per heavy atom. The van der Waals surface area contributed by atoms with Gasteiger partial charge in [0, 0.05) is 26.7 Å². The quantitative estimate of drug-likeness (QED) is 0.0693. The predicted molar refractivity (Wildman–Crippen MR) is 146 cm³/mol. The minimum absolute atomic E-state index is 0. The number of aromatic amines is 1. The van der Waals surface area contributed by atoms with Crippen LogP contribution in [0.1, 0.15) is 41.0 Å². The molecule has 0 aliphatic carbocycles. The second-order valence-corrected chi connectivity index (χ2v) is 9.38. The Kier molecular flexibility index (Phi) is 29.3. The molecule has 4 aromatic heterocycles. The van der Waals surface area contributed by atoms with Crippen LogP contribution in [0.25, 0.3) is 23.0 Å². The summed E-state index contributed by atoms with van der Waals surface area (Å²) < 4.78 is 1.87. The number of carbonyl (C=O) groups excluding carboxylic acids is 1. The maximum absolute atomic E-state index is 8.64. The number of carbonyl (C=O) groups is 1. The fourth-order valence-electron chi connectivity index (χ4n) is 2.16. The third-order valence-corrected chi connectivity index (χ3v) is 5.45. The second kappa shape index (κ2) is 27.4. The first kappa shape index (κ1) is 41.7. The van der Waals surface area contributed by atoms with Gasteiger partial charge in [0.2, 0.25) is 11.6 Å². The van der Waals surface area contributed by atoms with E-state index in [1.54, 1.807) is 17.2 Å². The molecule has 4 heterocycles. The first-order chi connectivity index (χ1) is 18.0. The molecule has 0 bridgehead atoms. The molecule has 39 heavy (non-hydrogen) atoms. The van der Waals surface area contributed by atoms with Crippen LogP contribution in [0, 0.1) is 0 Å². The fourth-order valence-corrected chi connectivity index (χ4v) is 3.19. The maximum atomic E-state index is 8.64. The number of hydrogen-bond donors (Lipinski definition) is 1. The van der Waals surface area contributed by atoms with Crippen molar-refractivity contribution in [2.45, 2.75) is 46.1 Å². The third-order valence-electron chi connectivity index (χ3n) is 3.95. The fraction of sp³-hybridized carbons (Fsp3) is 0.381. The van der Waals surface area contributed by atoms with Crippen molar-refractivity contribution < 1.29 is 119 Å². The van der Waals surface area contributed by atoms with Crippen molar-refractivity contribution in [2.75, 3.05) is 5.33 Å². The molecule has 4 rings (SSSR count). The van der Waals surface area contributed by atoms with E-state index in [-0.39, 0.29) is 111 Å². The molecule has 0 fully saturated rings. The summed E-state index contributed by atoms with van der Waals surface area (Å²) in [5, 5.41) is 35.2. The van der Waals surface area contributed by atoms with Crippen LogP contribution in [-0.4, -0.2) is 62.6 Å². The van der Waals surface area contributed by atoms with Crippen LogP contribution in [-0.2, 0) is 16.2 Å². The largest absolute Gasteiger partial charge is 1.00 e. The number of rotatable bonds is 8. The summed E-state index contributed by atoms with van der Waals surface area (Å²) in [5.74, 6) is 1.08. The molecule has 0 saturated carbocycles. The van der Waals surface area contributed by atoms with Gasteiger partial charge in [-0.2, -0.15) is 10.0 Å². The Labute approximate surface area is 338 Å². The SMILES string of the molecule is Brc1ccc(-c2nn[nH]n2)nc1.CCCCBr.CCCCn1nnc(-c2ccc(Br)cn2)n1.O=CO[O-].[H-].[K+].[K+]. The van der Waals surface area contributed by atoms with Crippen molar-refractivity contribution in [1.82, 2.24) is 50.8 Å². The number of halogens is 3. The minimum atomic E-state index is -0.181. The van der Waals surface area contributed by atoms with Crippen molar-refractivity contribution in [3.63, 3.8) is 0 Å². The molecule has 1 N–H and O–H groups in total. The van der Waals surface area contributed by atoms with Gasteiger partial charge in [-0.1, -0.05) is 42.6 Å². The Balaban J connectivity index is -0.000000507. The average Bonchev–Trinajstić information content (AvgIpc) is 3.63. The summed E-state index contributed by atoms with van der Waals surface area (Å²) in [6.45, 7) is 4.94. The van der Waals surface area contributed by atoms with Crippen LogP contribution in [0.2, 0.25) is 0 Å². The van der Waals surface area contributed by atoms with Gasteiger partial charge in [0.05, 0.1) is 6.54 Å². The van der Waals surface area contributed by atoms with Crippen LogP contribution in [0.4, 0.5) is 0 Å². The molecule has 18 heteroatoms. The predicted octanol–water partition coefficient (Wildman–Crippen LogP) is -1.94. The molecular formula is C21H27Br3K2N10O3. The molecule has 0 aromatic carbocycles. The van der Waals surface area contributed by atoms with Crippen molar-refractivity contribution in [3.8, 4) is 23.0 Å². The second-order valence-electron chi connectivity index (χ2n) is 6.76. The van der Waals surface area contributed by atoms with E-state index in [9.17, 15) is 0 Å². The van der Waals surface area contributed by atoms with Gasteiger partial charge >= 0.3 is 103 Å². The van der Waals surface area contributed by atoms with Crippen LogP contribution in [0.3, 0.4) is 0 Å². The molecular weight excluding hydrogens is 758 g/mol. The number of aryl methyl sites for hydroxylation is 1. The molecule has 0 atom stereocenters. The standard InChI is InChI=1S/C10H12BrN5.C6H4BrN5.C4H9Br.CH2O3.2K.H/c1-2-3-6-16-14-10(13-15-16)9-5-4-8(11)7-12-9;7-4-1-2-5(8-3-4)6-9-11-12-10-6;1-2-3-4-5;2-1-4-3;;;/h4-5,7H,2-3,6H2,1H3;1-3H,(H,9,10,11,12);2-4H2,1H3;1,3H;;;/q;;;;2*+1;-1/p-1. The Bertz CT molecular complexity index is 1110. The number of tetrazole rings is 2. The van der Waals surface area contributed by atoms with Crippen molar-refractivity contribution in [3.05, 3.63) is 45.6 Å². The normalized spacial score (nSPS) is 9.08. The Hall–Kier alpha value is 0.583. The van der Waals surface area contributed by atoms with Gasteiger partial charge in [-0.05, 0) is 79.4 Å². The molecule has 0 aliphatic heterocycles. The van der Waals surface area contributed by atoms with Gasteiger partial charge in [-0.15, -0.1) is 20.4 Å². The number of aromatic nitrogens is 10. The summed E-state index contributed by atoms with van der Waals surface area (Å²) in [6, 6.07) is 7.47. The molecule has 13 nitrogen and oxygen atoms in total. The van der Waals surface area contributed by atoms with Gasteiger partial charge in [0.15, 0.2) is 0 Å². The average molecular weight is 785 g/mol. The minimum Gasteiger partial charge on any atom is -1.00 e. The number of nitrogens with zero attached hydrogens (tertiary/aromatic N) is 9. The smallest absolute Gasteiger partial charge is 1.00 e. The van der Waals surface area contributed by atoms with E-state index < -0.39 is 0 Å². The summed E-state index contributed by atoms with van der Waals surface area (Å²) in [7, 11) is 0.